The summed E-state index contributed by atoms with van der Waals surface area (Å²) < 4.78 is 30.8. The van der Waals surface area contributed by atoms with E-state index in [1.165, 1.54) is 0 Å². The van der Waals surface area contributed by atoms with Gasteiger partial charge in [0.15, 0.2) is 11.6 Å². The zero-order chi connectivity index (χ0) is 23.7. The molecule has 0 unspecified atom stereocenters. The van der Waals surface area contributed by atoms with Crippen LogP contribution in [-0.4, -0.2) is 69.3 Å². The van der Waals surface area contributed by atoms with Gasteiger partial charge < -0.3 is 25.5 Å². The number of phenols is 1. The van der Waals surface area contributed by atoms with Gasteiger partial charge in [-0.1, -0.05) is 19.2 Å². The molecule has 3 N–H and O–H groups in total. The highest BCUT2D eigenvalue weighted by Gasteiger charge is 2.23. The number of aromatic hydroxyl groups is 1. The number of likely N-dealkylation sites (N-methyl/N-ethyl adjacent to an activating group) is 2. The molecular formula is C25H32F2N4O. The Morgan fingerprint density at radius 3 is 1.66 bits per heavy atom. The van der Waals surface area contributed by atoms with E-state index >= 15 is 8.78 Å². The van der Waals surface area contributed by atoms with Gasteiger partial charge in [-0.25, -0.2) is 8.78 Å². The molecule has 0 aliphatic carbocycles. The molecule has 172 valence electrons. The summed E-state index contributed by atoms with van der Waals surface area (Å²) in [6, 6.07) is 3.37. The first-order chi connectivity index (χ1) is 15.1. The van der Waals surface area contributed by atoms with Gasteiger partial charge in [0.25, 0.3) is 0 Å². The molecule has 0 radical (unpaired) electrons. The molecule has 0 aliphatic heterocycles. The number of nitrogens with one attached hydrogen (secondary N) is 2. The van der Waals surface area contributed by atoms with E-state index in [1.807, 2.05) is 44.9 Å². The Kier molecular flexibility index (Phi) is 6.91. The van der Waals surface area contributed by atoms with Crippen molar-refractivity contribution in [2.45, 2.75) is 6.92 Å². The molecule has 0 aromatic heterocycles. The van der Waals surface area contributed by atoms with E-state index in [-0.39, 0.29) is 17.1 Å². The van der Waals surface area contributed by atoms with E-state index < -0.39 is 11.6 Å². The fraction of sp³-hybridized carbons (Fsp3) is 0.360. The minimum Gasteiger partial charge on any atom is -0.507 e. The average Bonchev–Trinajstić information content (AvgIpc) is 2.71. The minimum atomic E-state index is -0.973. The van der Waals surface area contributed by atoms with Crippen molar-refractivity contribution in [1.82, 2.24) is 9.80 Å². The molecule has 3 rings (SSSR count). The number of hydrogen-bond donors (Lipinski definition) is 3. The molecule has 7 heteroatoms. The van der Waals surface area contributed by atoms with Crippen LogP contribution in [0.1, 0.15) is 5.56 Å². The summed E-state index contributed by atoms with van der Waals surface area (Å²) in [5, 5.41) is 19.8. The molecule has 5 nitrogen and oxygen atoms in total. The van der Waals surface area contributed by atoms with Gasteiger partial charge in [0, 0.05) is 42.3 Å². The maximum Gasteiger partial charge on any atom is 0.184 e. The third-order valence-corrected chi connectivity index (χ3v) is 5.70. The van der Waals surface area contributed by atoms with Gasteiger partial charge in [0.2, 0.25) is 0 Å². The summed E-state index contributed by atoms with van der Waals surface area (Å²) >= 11 is 0. The number of aryl methyl sites for hydroxylation is 1. The highest BCUT2D eigenvalue weighted by atomic mass is 19.2. The lowest BCUT2D eigenvalue weighted by molar-refractivity contribution is 0.424. The summed E-state index contributed by atoms with van der Waals surface area (Å²) in [4.78, 5) is 3.90. The topological polar surface area (TPSA) is 50.8 Å². The molecule has 0 aliphatic rings. The van der Waals surface area contributed by atoms with Crippen LogP contribution in [0.15, 0.2) is 12.1 Å². The minimum absolute atomic E-state index is 0.0356. The summed E-state index contributed by atoms with van der Waals surface area (Å²) in [5.74, 6) is -1.89. The monoisotopic (exact) mass is 442 g/mol. The fourth-order valence-corrected chi connectivity index (χ4v) is 4.07. The first-order valence-corrected chi connectivity index (χ1v) is 10.6. The lowest BCUT2D eigenvalue weighted by Gasteiger charge is -2.21. The van der Waals surface area contributed by atoms with Crippen LogP contribution in [0.5, 0.6) is 5.75 Å². The predicted octanol–water partition coefficient (Wildman–Crippen LogP) is 3.05. The Balaban J connectivity index is 2.42. The smallest absolute Gasteiger partial charge is 0.184 e. The standard InChI is InChI=1S/C25H32F2N4O/c1-14-8-9-17(32)19-16(3)21-20(15(2)18(14)19)24(28-10-12-30(4)5)22(26)23(27)25(21)29-11-13-31(6)7/h8-9,28-29,32H,2-3,10-13H2,1,4-7H3. The van der Waals surface area contributed by atoms with E-state index in [0.717, 1.165) is 5.56 Å². The lowest BCUT2D eigenvalue weighted by Crippen LogP contribution is -2.25. The van der Waals surface area contributed by atoms with Crippen molar-refractivity contribution in [3.8, 4) is 5.75 Å². The fourth-order valence-electron chi connectivity index (χ4n) is 4.07. The molecule has 3 aromatic rings. The van der Waals surface area contributed by atoms with Crippen molar-refractivity contribution in [2.75, 3.05) is 65.0 Å². The number of fused-ring (bicyclic) bond motifs is 2. The van der Waals surface area contributed by atoms with E-state index in [0.29, 0.717) is 58.2 Å². The van der Waals surface area contributed by atoms with Crippen LogP contribution in [-0.2, 0) is 0 Å². The van der Waals surface area contributed by atoms with Crippen molar-refractivity contribution >= 4 is 46.1 Å². The van der Waals surface area contributed by atoms with Crippen LogP contribution in [0.2, 0.25) is 0 Å². The summed E-state index contributed by atoms with van der Waals surface area (Å²) in [5.41, 5.74) is 0.980. The van der Waals surface area contributed by atoms with Gasteiger partial charge in [0.1, 0.15) is 5.75 Å². The van der Waals surface area contributed by atoms with Gasteiger partial charge in [-0.05, 0) is 62.6 Å². The molecule has 32 heavy (non-hydrogen) atoms. The molecule has 0 saturated heterocycles. The van der Waals surface area contributed by atoms with Crippen molar-refractivity contribution in [1.29, 1.82) is 0 Å². The first-order valence-electron chi connectivity index (χ1n) is 10.6. The average molecular weight is 443 g/mol. The molecule has 0 amide bonds. The van der Waals surface area contributed by atoms with Crippen LogP contribution in [0, 0.1) is 18.6 Å². The van der Waals surface area contributed by atoms with Gasteiger partial charge in [-0.15, -0.1) is 0 Å². The number of hydrogen-bond acceptors (Lipinski definition) is 5. The normalized spacial score (nSPS) is 11.8. The van der Waals surface area contributed by atoms with Crippen LogP contribution < -0.4 is 21.1 Å². The second-order valence-electron chi connectivity index (χ2n) is 8.70. The quantitative estimate of drug-likeness (QED) is 0.468. The van der Waals surface area contributed by atoms with E-state index in [2.05, 4.69) is 23.8 Å². The Hall–Kier alpha value is -2.90. The molecule has 0 fully saturated rings. The molecule has 0 spiro atoms. The Labute approximate surface area is 187 Å². The van der Waals surface area contributed by atoms with E-state index in [1.54, 1.807) is 12.1 Å². The largest absolute Gasteiger partial charge is 0.507 e. The zero-order valence-corrected chi connectivity index (χ0v) is 19.5. The van der Waals surface area contributed by atoms with Gasteiger partial charge in [-0.3, -0.25) is 0 Å². The number of anilines is 2. The molecule has 0 bridgehead atoms. The van der Waals surface area contributed by atoms with E-state index in [9.17, 15) is 5.11 Å². The third-order valence-electron chi connectivity index (χ3n) is 5.70. The highest BCUT2D eigenvalue weighted by Crippen LogP contribution is 2.35. The molecule has 0 heterocycles. The number of benzene rings is 3. The van der Waals surface area contributed by atoms with Gasteiger partial charge in [-0.2, -0.15) is 0 Å². The molecule has 0 saturated carbocycles. The lowest BCUT2D eigenvalue weighted by atomic mass is 9.93. The maximum absolute atomic E-state index is 15.4. The van der Waals surface area contributed by atoms with Crippen LogP contribution in [0.3, 0.4) is 0 Å². The number of phenolic OH excluding ortho intramolecular Hbond substituents is 1. The summed E-state index contributed by atoms with van der Waals surface area (Å²) in [6.45, 7) is 12.4. The van der Waals surface area contributed by atoms with Crippen molar-refractivity contribution < 1.29 is 13.9 Å². The second-order valence-corrected chi connectivity index (χ2v) is 8.70. The Bertz CT molecular complexity index is 1170. The van der Waals surface area contributed by atoms with Crippen molar-refractivity contribution in [2.24, 2.45) is 0 Å². The summed E-state index contributed by atoms with van der Waals surface area (Å²) in [7, 11) is 7.64. The SMILES string of the molecule is C=c1c2c(C)ccc(O)c2c(=C)c2c(NCCN(C)C)c(F)c(F)c(NCCN(C)C)c12. The first kappa shape index (κ1) is 23.8. The van der Waals surface area contributed by atoms with Crippen LogP contribution >= 0.6 is 0 Å². The maximum atomic E-state index is 15.4. The zero-order valence-electron chi connectivity index (χ0n) is 19.5. The van der Waals surface area contributed by atoms with Gasteiger partial charge in [0.05, 0.1) is 11.4 Å². The third kappa shape index (κ3) is 4.23. The van der Waals surface area contributed by atoms with Crippen molar-refractivity contribution in [3.63, 3.8) is 0 Å². The van der Waals surface area contributed by atoms with E-state index in [4.69, 9.17) is 0 Å². The second kappa shape index (κ2) is 9.30. The summed E-state index contributed by atoms with van der Waals surface area (Å²) in [6.07, 6.45) is 0. The van der Waals surface area contributed by atoms with Crippen LogP contribution in [0.4, 0.5) is 20.2 Å². The molecular weight excluding hydrogens is 410 g/mol. The number of nitrogens with zero attached hydrogens (tertiary/aromatic N) is 2. The van der Waals surface area contributed by atoms with Gasteiger partial charge >= 0.3 is 0 Å². The molecule has 0 atom stereocenters. The number of halogens is 2. The molecule has 3 aromatic carbocycles. The Morgan fingerprint density at radius 2 is 1.22 bits per heavy atom. The van der Waals surface area contributed by atoms with Crippen LogP contribution in [0.25, 0.3) is 34.7 Å². The predicted molar refractivity (Wildman–Crippen MR) is 132 cm³/mol. The number of rotatable bonds is 8. The van der Waals surface area contributed by atoms with Crippen molar-refractivity contribution in [3.05, 3.63) is 39.8 Å². The highest BCUT2D eigenvalue weighted by molar-refractivity contribution is 6.12. The Morgan fingerprint density at radius 1 is 0.781 bits per heavy atom.